The molecule has 0 spiro atoms. The highest BCUT2D eigenvalue weighted by atomic mass is 32.1. The van der Waals surface area contributed by atoms with Crippen LogP contribution in [0.25, 0.3) is 0 Å². The van der Waals surface area contributed by atoms with Crippen molar-refractivity contribution in [3.8, 4) is 0 Å². The molecular weight excluding hydrogens is 250 g/mol. The van der Waals surface area contributed by atoms with Crippen LogP contribution in [0.5, 0.6) is 0 Å². The van der Waals surface area contributed by atoms with Gasteiger partial charge in [0.2, 0.25) is 0 Å². The lowest BCUT2D eigenvalue weighted by Crippen LogP contribution is -2.26. The molecule has 0 radical (unpaired) electrons. The molecule has 2 N–H and O–H groups in total. The monoisotopic (exact) mass is 263 g/mol. The molecule has 94 valence electrons. The van der Waals surface area contributed by atoms with Crippen LogP contribution in [0.15, 0.2) is 6.07 Å². The Hall–Kier alpha value is -1.76. The van der Waals surface area contributed by atoms with E-state index in [1.807, 2.05) is 13.0 Å². The maximum absolute atomic E-state index is 12.1. The number of nitrogens with zero attached hydrogens (tertiary/aromatic N) is 3. The first-order valence-corrected chi connectivity index (χ1v) is 6.71. The second-order valence-electron chi connectivity index (χ2n) is 4.38. The molecule has 3 rings (SSSR count). The van der Waals surface area contributed by atoms with Gasteiger partial charge in [0.15, 0.2) is 5.82 Å². The van der Waals surface area contributed by atoms with Crippen molar-refractivity contribution in [2.24, 2.45) is 0 Å². The molecule has 18 heavy (non-hydrogen) atoms. The number of rotatable bonds is 3. The molecule has 0 saturated heterocycles. The number of aromatic amines is 1. The van der Waals surface area contributed by atoms with Crippen LogP contribution in [0.1, 0.15) is 45.3 Å². The Kier molecular flexibility index (Phi) is 2.83. The van der Waals surface area contributed by atoms with Gasteiger partial charge in [0.25, 0.3) is 5.91 Å². The van der Waals surface area contributed by atoms with Gasteiger partial charge in [-0.1, -0.05) is 5.21 Å². The van der Waals surface area contributed by atoms with Gasteiger partial charge in [-0.25, -0.2) is 0 Å². The Labute approximate surface area is 108 Å². The molecule has 1 amide bonds. The Balaban J connectivity index is 1.71. The first-order valence-electron chi connectivity index (χ1n) is 5.90. The summed E-state index contributed by atoms with van der Waals surface area (Å²) in [4.78, 5) is 14.2. The minimum atomic E-state index is -0.242. The van der Waals surface area contributed by atoms with Gasteiger partial charge < -0.3 is 5.32 Å². The van der Waals surface area contributed by atoms with Crippen molar-refractivity contribution in [2.45, 2.75) is 32.2 Å². The van der Waals surface area contributed by atoms with E-state index in [1.54, 1.807) is 11.3 Å². The predicted octanol–water partition coefficient (Wildman–Crippen LogP) is 1.24. The van der Waals surface area contributed by atoms with E-state index in [1.165, 1.54) is 16.9 Å². The molecule has 1 aliphatic rings. The van der Waals surface area contributed by atoms with Gasteiger partial charge in [-0.2, -0.15) is 5.21 Å². The van der Waals surface area contributed by atoms with Crippen LogP contribution in [0, 0.1) is 0 Å². The average Bonchev–Trinajstić information content (AvgIpc) is 3.05. The van der Waals surface area contributed by atoms with Crippen molar-refractivity contribution in [3.05, 3.63) is 27.2 Å². The van der Waals surface area contributed by atoms with Gasteiger partial charge in [-0.15, -0.1) is 21.5 Å². The van der Waals surface area contributed by atoms with E-state index in [2.05, 4.69) is 25.9 Å². The quantitative estimate of drug-likeness (QED) is 0.872. The molecule has 2 aromatic heterocycles. The molecule has 1 unspecified atom stereocenters. The summed E-state index contributed by atoms with van der Waals surface area (Å²) in [6.45, 7) is 1.84. The lowest BCUT2D eigenvalue weighted by atomic mass is 10.2. The number of aromatic nitrogens is 4. The largest absolute Gasteiger partial charge is 0.341 e. The van der Waals surface area contributed by atoms with Crippen LogP contribution in [-0.4, -0.2) is 26.5 Å². The highest BCUT2D eigenvalue weighted by Crippen LogP contribution is 2.30. The summed E-state index contributed by atoms with van der Waals surface area (Å²) in [5, 5.41) is 16.4. The smallest absolute Gasteiger partial charge is 0.261 e. The van der Waals surface area contributed by atoms with Crippen LogP contribution in [0.3, 0.4) is 0 Å². The molecule has 0 saturated carbocycles. The molecule has 1 atom stereocenters. The molecule has 0 aliphatic heterocycles. The van der Waals surface area contributed by atoms with E-state index < -0.39 is 0 Å². The number of nitrogens with one attached hydrogen (secondary N) is 2. The standard InChI is InChI=1S/C11H13N5OS/c1-6(10-13-15-16-14-10)12-11(17)9-5-7-3-2-4-8(7)18-9/h5-6H,2-4H2,1H3,(H,12,17)(H,13,14,15,16). The first-order chi connectivity index (χ1) is 8.74. The molecule has 7 heteroatoms. The van der Waals surface area contributed by atoms with Crippen LogP contribution < -0.4 is 5.32 Å². The molecule has 2 heterocycles. The SMILES string of the molecule is CC(NC(=O)c1cc2c(s1)CCC2)c1nn[nH]n1. The Morgan fingerprint density at radius 1 is 1.56 bits per heavy atom. The number of hydrogen-bond acceptors (Lipinski definition) is 5. The molecule has 1 aliphatic carbocycles. The summed E-state index contributed by atoms with van der Waals surface area (Å²) in [5.74, 6) is 0.430. The number of thiophene rings is 1. The van der Waals surface area contributed by atoms with Gasteiger partial charge in [-0.05, 0) is 37.8 Å². The summed E-state index contributed by atoms with van der Waals surface area (Å²) < 4.78 is 0. The van der Waals surface area contributed by atoms with Crippen molar-refractivity contribution in [1.29, 1.82) is 0 Å². The highest BCUT2D eigenvalue weighted by molar-refractivity contribution is 7.14. The number of tetrazole rings is 1. The van der Waals surface area contributed by atoms with E-state index in [-0.39, 0.29) is 11.9 Å². The van der Waals surface area contributed by atoms with Crippen molar-refractivity contribution in [1.82, 2.24) is 25.9 Å². The fraction of sp³-hybridized carbons (Fsp3) is 0.455. The number of carbonyl (C=O) groups excluding carboxylic acids is 1. The van der Waals surface area contributed by atoms with Crippen LogP contribution >= 0.6 is 11.3 Å². The maximum atomic E-state index is 12.1. The normalized spacial score (nSPS) is 15.4. The zero-order valence-corrected chi connectivity index (χ0v) is 10.8. The second kappa shape index (κ2) is 4.49. The molecule has 0 aromatic carbocycles. The third kappa shape index (κ3) is 2.01. The molecule has 0 fully saturated rings. The van der Waals surface area contributed by atoms with Crippen molar-refractivity contribution in [3.63, 3.8) is 0 Å². The van der Waals surface area contributed by atoms with Gasteiger partial charge >= 0.3 is 0 Å². The minimum absolute atomic E-state index is 0.0632. The van der Waals surface area contributed by atoms with Crippen molar-refractivity contribution < 1.29 is 4.79 Å². The second-order valence-corrected chi connectivity index (χ2v) is 5.51. The van der Waals surface area contributed by atoms with Gasteiger partial charge in [0, 0.05) is 4.88 Å². The molecule has 0 bridgehead atoms. The van der Waals surface area contributed by atoms with Gasteiger partial charge in [-0.3, -0.25) is 4.79 Å². The van der Waals surface area contributed by atoms with Crippen molar-refractivity contribution in [2.75, 3.05) is 0 Å². The Bertz CT molecular complexity index is 541. The predicted molar refractivity (Wildman–Crippen MR) is 66.4 cm³/mol. The Morgan fingerprint density at radius 3 is 3.17 bits per heavy atom. The Morgan fingerprint density at radius 2 is 2.44 bits per heavy atom. The number of aryl methyl sites for hydroxylation is 2. The van der Waals surface area contributed by atoms with Gasteiger partial charge in [0.05, 0.1) is 10.9 Å². The summed E-state index contributed by atoms with van der Waals surface area (Å²) >= 11 is 1.59. The average molecular weight is 263 g/mol. The third-order valence-electron chi connectivity index (χ3n) is 3.07. The number of H-pyrrole nitrogens is 1. The first kappa shape index (κ1) is 11.3. The summed E-state index contributed by atoms with van der Waals surface area (Å²) in [6, 6.07) is 1.76. The van der Waals surface area contributed by atoms with Crippen LogP contribution in [-0.2, 0) is 12.8 Å². The molecule has 6 nitrogen and oxygen atoms in total. The van der Waals surface area contributed by atoms with E-state index in [0.717, 1.165) is 17.7 Å². The number of amides is 1. The topological polar surface area (TPSA) is 83.6 Å². The highest BCUT2D eigenvalue weighted by Gasteiger charge is 2.20. The summed E-state index contributed by atoms with van der Waals surface area (Å²) in [5.41, 5.74) is 1.33. The fourth-order valence-corrected chi connectivity index (χ4v) is 3.28. The van der Waals surface area contributed by atoms with E-state index in [4.69, 9.17) is 0 Å². The van der Waals surface area contributed by atoms with E-state index in [9.17, 15) is 4.79 Å². The van der Waals surface area contributed by atoms with Gasteiger partial charge in [0.1, 0.15) is 0 Å². The molecule has 2 aromatic rings. The fourth-order valence-electron chi connectivity index (χ4n) is 2.13. The number of hydrogen-bond donors (Lipinski definition) is 2. The van der Waals surface area contributed by atoms with Crippen molar-refractivity contribution >= 4 is 17.2 Å². The minimum Gasteiger partial charge on any atom is -0.341 e. The zero-order chi connectivity index (χ0) is 12.5. The van der Waals surface area contributed by atoms with E-state index in [0.29, 0.717) is 5.82 Å². The van der Waals surface area contributed by atoms with Crippen LogP contribution in [0.2, 0.25) is 0 Å². The summed E-state index contributed by atoms with van der Waals surface area (Å²) in [7, 11) is 0. The molecular formula is C11H13N5OS. The van der Waals surface area contributed by atoms with Crippen LogP contribution in [0.4, 0.5) is 0 Å². The lowest BCUT2D eigenvalue weighted by molar-refractivity contribution is 0.0942. The number of carbonyl (C=O) groups is 1. The lowest BCUT2D eigenvalue weighted by Gasteiger charge is -2.08. The summed E-state index contributed by atoms with van der Waals surface area (Å²) in [6.07, 6.45) is 3.41. The third-order valence-corrected chi connectivity index (χ3v) is 4.30. The van der Waals surface area contributed by atoms with E-state index >= 15 is 0 Å². The number of fused-ring (bicyclic) bond motifs is 1. The zero-order valence-electron chi connectivity index (χ0n) is 9.93. The maximum Gasteiger partial charge on any atom is 0.261 e.